The minimum atomic E-state index is -1.80. The molecule has 0 aromatic rings. The van der Waals surface area contributed by atoms with Gasteiger partial charge in [-0.05, 0) is 25.1 Å². The number of allylic oxidation sites excluding steroid dienone is 1. The molecule has 0 unspecified atom stereocenters. The molecule has 1 amide bonds. The highest BCUT2D eigenvalue weighted by molar-refractivity contribution is 14.1. The Morgan fingerprint density at radius 2 is 2.06 bits per heavy atom. The molecule has 0 aliphatic carbocycles. The van der Waals surface area contributed by atoms with Gasteiger partial charge in [-0.1, -0.05) is 49.4 Å². The second-order valence-corrected chi connectivity index (χ2v) is 12.0. The van der Waals surface area contributed by atoms with E-state index in [-0.39, 0.29) is 23.0 Å². The number of hydrogen-bond donors (Lipinski definition) is 1. The van der Waals surface area contributed by atoms with Crippen LogP contribution in [0.1, 0.15) is 27.7 Å². The zero-order valence-electron chi connectivity index (χ0n) is 12.1. The normalized spacial score (nSPS) is 24.7. The summed E-state index contributed by atoms with van der Waals surface area (Å²) in [6.07, 6.45) is 2.03. The first-order valence-corrected chi connectivity index (χ1v) is 10.8. The number of amides is 1. The van der Waals surface area contributed by atoms with Crippen LogP contribution in [0.3, 0.4) is 0 Å². The number of rotatable bonds is 4. The van der Waals surface area contributed by atoms with Gasteiger partial charge < -0.3 is 9.74 Å². The van der Waals surface area contributed by atoms with Crippen molar-refractivity contribution >= 4 is 36.8 Å². The first kappa shape index (κ1) is 16.2. The Hall–Kier alpha value is 0.117. The number of β-lactam (4-membered cyclic amide) rings is 1. The van der Waals surface area contributed by atoms with Crippen LogP contribution in [0.4, 0.5) is 0 Å². The molecule has 1 aliphatic rings. The maximum absolute atomic E-state index is 11.7. The van der Waals surface area contributed by atoms with Gasteiger partial charge in [-0.15, -0.1) is 0 Å². The lowest BCUT2D eigenvalue weighted by atomic mass is 9.91. The van der Waals surface area contributed by atoms with Gasteiger partial charge in [0.15, 0.2) is 8.32 Å². The number of hydrogen-bond acceptors (Lipinski definition) is 2. The Balaban J connectivity index is 2.74. The molecule has 2 atom stereocenters. The van der Waals surface area contributed by atoms with Crippen molar-refractivity contribution in [1.82, 2.24) is 5.32 Å². The molecule has 0 aromatic carbocycles. The predicted molar refractivity (Wildman–Crippen MR) is 86.3 cm³/mol. The topological polar surface area (TPSA) is 38.3 Å². The van der Waals surface area contributed by atoms with Gasteiger partial charge in [0, 0.05) is 10.1 Å². The van der Waals surface area contributed by atoms with Crippen LogP contribution in [0.2, 0.25) is 18.1 Å². The summed E-state index contributed by atoms with van der Waals surface area (Å²) >= 11 is 2.28. The lowest BCUT2D eigenvalue weighted by molar-refractivity contribution is -0.131. The number of carbonyl (C=O) groups is 1. The van der Waals surface area contributed by atoms with Crippen LogP contribution in [0.25, 0.3) is 0 Å². The summed E-state index contributed by atoms with van der Waals surface area (Å²) < 4.78 is 7.20. The van der Waals surface area contributed by atoms with E-state index in [2.05, 4.69) is 67.8 Å². The van der Waals surface area contributed by atoms with Gasteiger partial charge in [0.2, 0.25) is 5.91 Å². The van der Waals surface area contributed by atoms with Crippen molar-refractivity contribution in [2.75, 3.05) is 4.43 Å². The van der Waals surface area contributed by atoms with Gasteiger partial charge in [-0.2, -0.15) is 0 Å². The summed E-state index contributed by atoms with van der Waals surface area (Å²) in [5.41, 5.74) is 1.03. The maximum atomic E-state index is 11.7. The van der Waals surface area contributed by atoms with Gasteiger partial charge in [0.1, 0.15) is 5.92 Å². The zero-order chi connectivity index (χ0) is 14.1. The van der Waals surface area contributed by atoms with E-state index in [4.69, 9.17) is 4.43 Å². The van der Waals surface area contributed by atoms with Crippen molar-refractivity contribution < 1.29 is 9.22 Å². The summed E-state index contributed by atoms with van der Waals surface area (Å²) in [5, 5.41) is 3.03. The standard InChI is InChI=1S/C13H24INO2Si/c1-9(17-18(5,6)13(2,3)4)11-10(7-8-14)15-12(11)16/h7,9,11H,8H2,1-6H3,(H,15,16)/b10-7+/t9-,11-/m1/s1. The van der Waals surface area contributed by atoms with Gasteiger partial charge >= 0.3 is 0 Å². The van der Waals surface area contributed by atoms with E-state index in [1.54, 1.807) is 0 Å². The van der Waals surface area contributed by atoms with Gasteiger partial charge in [-0.25, -0.2) is 0 Å². The zero-order valence-corrected chi connectivity index (χ0v) is 15.3. The number of carbonyl (C=O) groups excluding carboxylic acids is 1. The van der Waals surface area contributed by atoms with E-state index in [1.807, 2.05) is 6.92 Å². The third-order valence-electron chi connectivity index (χ3n) is 3.94. The number of halogens is 1. The van der Waals surface area contributed by atoms with E-state index in [0.717, 1.165) is 10.1 Å². The largest absolute Gasteiger partial charge is 0.413 e. The minimum Gasteiger partial charge on any atom is -0.413 e. The van der Waals surface area contributed by atoms with Crippen molar-refractivity contribution in [2.24, 2.45) is 5.92 Å². The third kappa shape index (κ3) is 3.36. The van der Waals surface area contributed by atoms with Crippen LogP contribution in [0, 0.1) is 5.92 Å². The average Bonchev–Trinajstić information content (AvgIpc) is 2.13. The molecule has 0 bridgehead atoms. The smallest absolute Gasteiger partial charge is 0.235 e. The fraction of sp³-hybridized carbons (Fsp3) is 0.769. The molecule has 1 heterocycles. The number of nitrogens with one attached hydrogen (secondary N) is 1. The highest BCUT2D eigenvalue weighted by Crippen LogP contribution is 2.39. The van der Waals surface area contributed by atoms with Crippen LogP contribution >= 0.6 is 22.6 Å². The van der Waals surface area contributed by atoms with E-state index in [1.165, 1.54) is 0 Å². The molecular formula is C13H24INO2Si. The molecule has 1 N–H and O–H groups in total. The van der Waals surface area contributed by atoms with Crippen molar-refractivity contribution in [3.63, 3.8) is 0 Å². The molecule has 1 aliphatic heterocycles. The maximum Gasteiger partial charge on any atom is 0.235 e. The Kier molecular flexibility index (Phi) is 5.05. The van der Waals surface area contributed by atoms with E-state index < -0.39 is 8.32 Å². The van der Waals surface area contributed by atoms with E-state index >= 15 is 0 Å². The molecule has 0 spiro atoms. The second kappa shape index (κ2) is 5.62. The van der Waals surface area contributed by atoms with Crippen molar-refractivity contribution in [3.8, 4) is 0 Å². The summed E-state index contributed by atoms with van der Waals surface area (Å²) in [6.45, 7) is 13.1. The van der Waals surface area contributed by atoms with Crippen LogP contribution < -0.4 is 5.32 Å². The molecule has 0 radical (unpaired) electrons. The first-order chi connectivity index (χ1) is 8.10. The molecule has 1 saturated heterocycles. The van der Waals surface area contributed by atoms with Crippen molar-refractivity contribution in [3.05, 3.63) is 11.8 Å². The molecule has 1 fully saturated rings. The number of alkyl halides is 1. The molecule has 1 rings (SSSR count). The van der Waals surface area contributed by atoms with Crippen LogP contribution in [0.15, 0.2) is 11.8 Å². The first-order valence-electron chi connectivity index (χ1n) is 6.35. The molecule has 18 heavy (non-hydrogen) atoms. The Bertz CT molecular complexity index is 360. The highest BCUT2D eigenvalue weighted by atomic mass is 127. The molecule has 104 valence electrons. The van der Waals surface area contributed by atoms with Crippen molar-refractivity contribution in [2.45, 2.75) is 51.9 Å². The summed E-state index contributed by atoms with van der Waals surface area (Å²) in [5.74, 6) is 0.00574. The summed E-state index contributed by atoms with van der Waals surface area (Å²) in [7, 11) is -1.80. The fourth-order valence-electron chi connectivity index (χ4n) is 1.80. The lowest BCUT2D eigenvalue weighted by Gasteiger charge is -2.42. The van der Waals surface area contributed by atoms with Crippen molar-refractivity contribution in [1.29, 1.82) is 0 Å². The monoisotopic (exact) mass is 381 g/mol. The Labute approximate surface area is 125 Å². The molecule has 5 heteroatoms. The summed E-state index contributed by atoms with van der Waals surface area (Å²) in [4.78, 5) is 11.7. The summed E-state index contributed by atoms with van der Waals surface area (Å²) in [6, 6.07) is 0. The average molecular weight is 381 g/mol. The molecule has 0 saturated carbocycles. The van der Waals surface area contributed by atoms with Crippen LogP contribution in [-0.4, -0.2) is 24.8 Å². The molecule has 3 nitrogen and oxygen atoms in total. The SMILES string of the molecule is C[C@@H](O[Si](C)(C)C(C)(C)C)[C@H]1C(=O)N/C1=C/CI. The van der Waals surface area contributed by atoms with Gasteiger partial charge in [0.05, 0.1) is 6.10 Å². The van der Waals surface area contributed by atoms with Crippen LogP contribution in [0.5, 0.6) is 0 Å². The second-order valence-electron chi connectivity index (χ2n) is 6.36. The van der Waals surface area contributed by atoms with Gasteiger partial charge in [0.25, 0.3) is 0 Å². The highest BCUT2D eigenvalue weighted by Gasteiger charge is 2.44. The van der Waals surface area contributed by atoms with E-state index in [9.17, 15) is 4.79 Å². The van der Waals surface area contributed by atoms with E-state index in [0.29, 0.717) is 0 Å². The Morgan fingerprint density at radius 1 is 1.50 bits per heavy atom. The lowest BCUT2D eigenvalue weighted by Crippen LogP contribution is -2.55. The van der Waals surface area contributed by atoms with Gasteiger partial charge in [-0.3, -0.25) is 4.79 Å². The third-order valence-corrected chi connectivity index (χ3v) is 8.95. The molecule has 0 aromatic heterocycles. The quantitative estimate of drug-likeness (QED) is 0.351. The Morgan fingerprint density at radius 3 is 2.44 bits per heavy atom. The van der Waals surface area contributed by atoms with Crippen LogP contribution in [-0.2, 0) is 9.22 Å². The molecular weight excluding hydrogens is 357 g/mol. The fourth-order valence-corrected chi connectivity index (χ4v) is 3.69. The minimum absolute atomic E-state index is 0.0335. The predicted octanol–water partition coefficient (Wildman–Crippen LogP) is 3.46.